The van der Waals surface area contributed by atoms with Gasteiger partial charge in [-0.25, -0.2) is 45.5 Å². The third kappa shape index (κ3) is 13.3. The summed E-state index contributed by atoms with van der Waals surface area (Å²) in [5, 5.41) is 15.6. The smallest absolute Gasteiger partial charge is 0.328 e. The highest BCUT2D eigenvalue weighted by Crippen LogP contribution is 2.34. The van der Waals surface area contributed by atoms with Gasteiger partial charge in [0.1, 0.15) is 11.6 Å². The van der Waals surface area contributed by atoms with Crippen LogP contribution in [-0.2, 0) is 32.0 Å². The number of urea groups is 2. The minimum atomic E-state index is -1.26. The third-order valence-electron chi connectivity index (χ3n) is 11.4. The predicted octanol–water partition coefficient (Wildman–Crippen LogP) is 2.87. The molecule has 4 fully saturated rings. The highest BCUT2D eigenvalue weighted by Gasteiger charge is 2.46. The van der Waals surface area contributed by atoms with Crippen molar-refractivity contribution in [3.8, 4) is 0 Å². The van der Waals surface area contributed by atoms with Crippen LogP contribution in [0.1, 0.15) is 36.8 Å². The number of nitrogens with zero attached hydrogens (tertiary/aromatic N) is 6. The van der Waals surface area contributed by atoms with Crippen LogP contribution in [0.3, 0.4) is 0 Å². The summed E-state index contributed by atoms with van der Waals surface area (Å²) in [7, 11) is 6.76. The molecule has 4 heterocycles. The largest absolute Gasteiger partial charge is 0.478 e. The van der Waals surface area contributed by atoms with Gasteiger partial charge in [-0.3, -0.25) is 9.59 Å². The number of halogens is 6. The zero-order chi connectivity index (χ0) is 47.7. The molecule has 0 saturated carbocycles. The lowest BCUT2D eigenvalue weighted by Crippen LogP contribution is -2.44. The average molecular weight is 913 g/mol. The molecule has 6 N–H and O–H groups in total. The number of amides is 6. The number of likely N-dealkylation sites (tertiary alicyclic amines) is 4. The van der Waals surface area contributed by atoms with Crippen molar-refractivity contribution in [3.63, 3.8) is 0 Å². The van der Waals surface area contributed by atoms with E-state index in [4.69, 9.17) is 21.7 Å². The van der Waals surface area contributed by atoms with Gasteiger partial charge in [-0.15, -0.1) is 0 Å². The molecule has 16 nitrogen and oxygen atoms in total. The topological polar surface area (TPSA) is 214 Å². The second-order valence-corrected chi connectivity index (χ2v) is 16.6. The van der Waals surface area contributed by atoms with Gasteiger partial charge in [-0.05, 0) is 48.9 Å². The lowest BCUT2D eigenvalue weighted by molar-refractivity contribution is -0.134. The van der Waals surface area contributed by atoms with Crippen molar-refractivity contribution in [2.45, 2.75) is 62.7 Å². The molecule has 64 heavy (non-hydrogen) atoms. The van der Waals surface area contributed by atoms with Crippen LogP contribution in [0.4, 0.5) is 35.9 Å². The number of nitrogens with two attached hydrogens (primary N) is 2. The van der Waals surface area contributed by atoms with Gasteiger partial charge in [-0.1, -0.05) is 0 Å². The SMILES string of the molecule is CN(C)C(=O)N1C[C@@H]2CCN(C(=O)C[C@H](N)Cc3cc(F)c(F)cc3F)[C@@H]2C1.CN(C)C(=O)N1C[C@@H]2CCN(C(=O)C[C@H](N)Cc3cc(F)c(F)cc3F)[C@@H]2C1.O=C(O)/C=C/C(=O)O. The van der Waals surface area contributed by atoms with Gasteiger partial charge in [0.2, 0.25) is 11.8 Å². The minimum Gasteiger partial charge on any atom is -0.478 e. The molecule has 0 aromatic heterocycles. The zero-order valence-corrected chi connectivity index (χ0v) is 35.9. The second kappa shape index (κ2) is 22.1. The van der Waals surface area contributed by atoms with Gasteiger partial charge in [0.05, 0.1) is 12.1 Å². The van der Waals surface area contributed by atoms with Crippen LogP contribution in [-0.4, -0.2) is 167 Å². The molecule has 4 aliphatic rings. The van der Waals surface area contributed by atoms with Gasteiger partial charge in [-0.2, -0.15) is 0 Å². The molecule has 6 rings (SSSR count). The van der Waals surface area contributed by atoms with Crippen molar-refractivity contribution in [1.82, 2.24) is 29.4 Å². The fourth-order valence-corrected chi connectivity index (χ4v) is 8.40. The van der Waals surface area contributed by atoms with E-state index in [2.05, 4.69) is 0 Å². The van der Waals surface area contributed by atoms with E-state index in [1.165, 1.54) is 9.80 Å². The fraction of sp³-hybridized carbons (Fsp3) is 0.524. The Bertz CT molecular complexity index is 1950. The van der Waals surface area contributed by atoms with Crippen LogP contribution in [0.2, 0.25) is 0 Å². The van der Waals surface area contributed by atoms with Crippen molar-refractivity contribution in [3.05, 3.63) is 82.4 Å². The molecule has 0 aliphatic carbocycles. The number of hydrogen-bond donors (Lipinski definition) is 4. The molecule has 4 aliphatic heterocycles. The second-order valence-electron chi connectivity index (χ2n) is 16.6. The highest BCUT2D eigenvalue weighted by molar-refractivity contribution is 5.89. The molecule has 22 heteroatoms. The van der Waals surface area contributed by atoms with Gasteiger partial charge in [0, 0.05) is 129 Å². The third-order valence-corrected chi connectivity index (χ3v) is 11.4. The summed E-state index contributed by atoms with van der Waals surface area (Å²) >= 11 is 0. The average Bonchev–Trinajstić information content (AvgIpc) is 4.00. The molecular weight excluding hydrogens is 858 g/mol. The Balaban J connectivity index is 0.000000240. The first kappa shape index (κ1) is 50.7. The van der Waals surface area contributed by atoms with Crippen LogP contribution in [0.15, 0.2) is 36.4 Å². The number of fused-ring (bicyclic) bond motifs is 2. The summed E-state index contributed by atoms with van der Waals surface area (Å²) in [5.74, 6) is -8.92. The molecule has 352 valence electrons. The lowest BCUT2D eigenvalue weighted by atomic mass is 10.0. The van der Waals surface area contributed by atoms with E-state index in [0.29, 0.717) is 63.6 Å². The molecule has 6 atom stereocenters. The monoisotopic (exact) mass is 912 g/mol. The van der Waals surface area contributed by atoms with Crippen molar-refractivity contribution >= 4 is 35.8 Å². The van der Waals surface area contributed by atoms with Gasteiger partial charge < -0.3 is 51.1 Å². The highest BCUT2D eigenvalue weighted by atomic mass is 19.2. The summed E-state index contributed by atoms with van der Waals surface area (Å²) < 4.78 is 80.3. The molecule has 0 bridgehead atoms. The summed E-state index contributed by atoms with van der Waals surface area (Å²) in [4.78, 5) is 78.8. The van der Waals surface area contributed by atoms with Crippen LogP contribution >= 0.6 is 0 Å². The predicted molar refractivity (Wildman–Crippen MR) is 218 cm³/mol. The van der Waals surface area contributed by atoms with Crippen LogP contribution in [0, 0.1) is 46.7 Å². The van der Waals surface area contributed by atoms with Crippen molar-refractivity contribution in [2.24, 2.45) is 23.3 Å². The van der Waals surface area contributed by atoms with Crippen molar-refractivity contribution in [2.75, 3.05) is 67.5 Å². The maximum Gasteiger partial charge on any atom is 0.328 e. The van der Waals surface area contributed by atoms with E-state index in [-0.39, 0.29) is 84.6 Å². The molecule has 0 radical (unpaired) electrons. The lowest BCUT2D eigenvalue weighted by Gasteiger charge is -2.27. The molecule has 4 saturated heterocycles. The van der Waals surface area contributed by atoms with Gasteiger partial charge in [0.15, 0.2) is 23.3 Å². The van der Waals surface area contributed by atoms with E-state index in [1.54, 1.807) is 47.8 Å². The number of carbonyl (C=O) groups is 6. The first-order valence-corrected chi connectivity index (χ1v) is 20.4. The Morgan fingerprint density at radius 3 is 1.23 bits per heavy atom. The number of carboxylic acid groups (broad SMARTS) is 2. The maximum absolute atomic E-state index is 13.8. The molecule has 6 amide bonds. The number of carbonyl (C=O) groups excluding carboxylic acids is 4. The Hall–Kier alpha value is -5.90. The number of rotatable bonds is 10. The van der Waals surface area contributed by atoms with Crippen molar-refractivity contribution in [1.29, 1.82) is 0 Å². The zero-order valence-electron chi connectivity index (χ0n) is 35.9. The van der Waals surface area contributed by atoms with Gasteiger partial charge in [0.25, 0.3) is 0 Å². The Morgan fingerprint density at radius 2 is 0.922 bits per heavy atom. The van der Waals surface area contributed by atoms with Crippen LogP contribution < -0.4 is 11.5 Å². The number of benzene rings is 2. The Kier molecular flexibility index (Phi) is 17.6. The first-order chi connectivity index (χ1) is 30.0. The molecule has 0 spiro atoms. The van der Waals surface area contributed by atoms with E-state index in [1.807, 2.05) is 0 Å². The standard InChI is InChI=1S/2C19H25F3N4O2.C4H4O4/c2*1-24(2)19(28)25-9-11-3-4-26(17(11)10-25)18(27)7-13(23)5-12-6-15(21)16(22)8-14(12)20;5-3(6)1-2-4(7)8/h2*6,8,11,13,17H,3-5,7,9-10,23H2,1-2H3;1-2H,(H,5,6)(H,7,8)/b;;2-1+/t2*11-,13+,17+;/m00./s1. The Labute approximate surface area is 366 Å². The van der Waals surface area contributed by atoms with Crippen LogP contribution in [0.25, 0.3) is 0 Å². The normalized spacial score (nSPS) is 20.8. The molecule has 2 aromatic carbocycles. The van der Waals surface area contributed by atoms with E-state index in [9.17, 15) is 55.1 Å². The first-order valence-electron chi connectivity index (χ1n) is 20.4. The maximum atomic E-state index is 13.8. The van der Waals surface area contributed by atoms with E-state index < -0.39 is 58.9 Å². The number of aliphatic carboxylic acids is 2. The summed E-state index contributed by atoms with van der Waals surface area (Å²) in [6.45, 7) is 3.42. The minimum absolute atomic E-state index is 0.0245. The summed E-state index contributed by atoms with van der Waals surface area (Å²) in [5.41, 5.74) is 11.9. The molecule has 0 unspecified atom stereocenters. The van der Waals surface area contributed by atoms with E-state index >= 15 is 0 Å². The Morgan fingerprint density at radius 1 is 0.594 bits per heavy atom. The fourth-order valence-electron chi connectivity index (χ4n) is 8.40. The molecular formula is C42H54F6N8O8. The molecule has 2 aromatic rings. The van der Waals surface area contributed by atoms with Crippen LogP contribution in [0.5, 0.6) is 0 Å². The quantitative estimate of drug-likeness (QED) is 0.156. The number of carboxylic acids is 2. The summed E-state index contributed by atoms with van der Waals surface area (Å²) in [6.07, 6.45) is 2.57. The van der Waals surface area contributed by atoms with E-state index in [0.717, 1.165) is 25.0 Å². The van der Waals surface area contributed by atoms with Crippen molar-refractivity contribution < 1.29 is 65.3 Å². The summed E-state index contributed by atoms with van der Waals surface area (Å²) in [6, 6.07) is 0.870. The van der Waals surface area contributed by atoms with Gasteiger partial charge >= 0.3 is 24.0 Å². The number of hydrogen-bond acceptors (Lipinski definition) is 8.